The fraction of sp³-hybridized carbons (Fsp3) is 0.222. The Labute approximate surface area is 309 Å². The summed E-state index contributed by atoms with van der Waals surface area (Å²) < 4.78 is 47.8. The minimum absolute atomic E-state index is 0.0293. The highest BCUT2D eigenvalue weighted by Crippen LogP contribution is 2.38. The van der Waals surface area contributed by atoms with E-state index in [0.29, 0.717) is 16.2 Å². The van der Waals surface area contributed by atoms with Crippen LogP contribution in [0.1, 0.15) is 31.9 Å². The predicted molar refractivity (Wildman–Crippen MR) is 194 cm³/mol. The van der Waals surface area contributed by atoms with Crippen molar-refractivity contribution in [1.29, 1.82) is 0 Å². The molecule has 278 valence electrons. The molecule has 0 radical (unpaired) electrons. The molecule has 4 aromatic heterocycles. The van der Waals surface area contributed by atoms with E-state index < -0.39 is 52.8 Å². The van der Waals surface area contributed by atoms with Crippen LogP contribution in [0.15, 0.2) is 82.6 Å². The summed E-state index contributed by atoms with van der Waals surface area (Å²) in [6, 6.07) is 14.4. The first-order valence-corrected chi connectivity index (χ1v) is 17.0. The van der Waals surface area contributed by atoms with E-state index in [1.807, 2.05) is 0 Å². The molecule has 4 heterocycles. The fourth-order valence-corrected chi connectivity index (χ4v) is 6.51. The first kappa shape index (κ1) is 37.2. The molecule has 0 aliphatic carbocycles. The third kappa shape index (κ3) is 7.92. The number of anilines is 1. The van der Waals surface area contributed by atoms with Crippen LogP contribution in [-0.4, -0.2) is 66.1 Å². The maximum Gasteiger partial charge on any atom is 0.419 e. The third-order valence-electron chi connectivity index (χ3n) is 7.70. The molecule has 0 saturated heterocycles. The van der Waals surface area contributed by atoms with Gasteiger partial charge in [0, 0.05) is 47.1 Å². The molecule has 0 unspecified atom stereocenters. The van der Waals surface area contributed by atoms with Crippen LogP contribution < -0.4 is 26.0 Å². The van der Waals surface area contributed by atoms with Gasteiger partial charge in [-0.05, 0) is 51.1 Å². The molecule has 0 bridgehead atoms. The van der Waals surface area contributed by atoms with Gasteiger partial charge < -0.3 is 19.1 Å². The number of amides is 2. The molecular formula is C36H32F2N8O7S. The number of carbonyl (C=O) groups excluding carboxylic acids is 2. The second-order valence-corrected chi connectivity index (χ2v) is 13.7. The number of methoxy groups -OCH3 is 1. The lowest BCUT2D eigenvalue weighted by Crippen LogP contribution is -2.40. The zero-order valence-corrected chi connectivity index (χ0v) is 30.3. The number of nitrogens with zero attached hydrogens (tertiary/aromatic N) is 7. The van der Waals surface area contributed by atoms with Crippen molar-refractivity contribution < 1.29 is 32.6 Å². The first-order chi connectivity index (χ1) is 25.7. The molecule has 18 heteroatoms. The highest BCUT2D eigenvalue weighted by atomic mass is 32.1. The average Bonchev–Trinajstić information content (AvgIpc) is 3.50. The summed E-state index contributed by atoms with van der Waals surface area (Å²) in [6.45, 7) is 4.23. The van der Waals surface area contributed by atoms with Gasteiger partial charge in [0.1, 0.15) is 27.8 Å². The SMILES string of the molecule is COc1ccc(-n2c(=O)c3c(CN(C)C(=O)OC(C)(C)C)c(-c4cnc(NC(=O)Oc5ccccc5)nc4)sc3n(Cc3c(F)cccc3F)c2=O)nn1. The zero-order chi connectivity index (χ0) is 38.7. The summed E-state index contributed by atoms with van der Waals surface area (Å²) in [6.07, 6.45) is 1.16. The number of para-hydroxylation sites is 1. The van der Waals surface area contributed by atoms with Crippen molar-refractivity contribution in [3.05, 3.63) is 117 Å². The molecule has 6 aromatic rings. The van der Waals surface area contributed by atoms with Crippen LogP contribution in [-0.2, 0) is 17.8 Å². The van der Waals surface area contributed by atoms with Crippen molar-refractivity contribution in [3.63, 3.8) is 0 Å². The Kier molecular flexibility index (Phi) is 10.5. The Balaban J connectivity index is 1.54. The summed E-state index contributed by atoms with van der Waals surface area (Å²) in [5.74, 6) is -1.74. The molecule has 15 nitrogen and oxygen atoms in total. The lowest BCUT2D eigenvalue weighted by atomic mass is 10.1. The van der Waals surface area contributed by atoms with Crippen molar-refractivity contribution in [1.82, 2.24) is 34.2 Å². The van der Waals surface area contributed by atoms with Crippen LogP contribution in [0.2, 0.25) is 0 Å². The second kappa shape index (κ2) is 15.2. The Bertz CT molecular complexity index is 2450. The minimum atomic E-state index is -0.970. The molecule has 0 aliphatic heterocycles. The van der Waals surface area contributed by atoms with Gasteiger partial charge in [-0.1, -0.05) is 24.3 Å². The standard InChI is InChI=1S/C36H32F2N8O7S/c1-36(2,3)53-35(50)44(4)18-23-28-30(47)46(26-14-15-27(51-5)43-42-26)34(49)45(19-22-24(37)12-9-13-25(22)38)31(28)54-29(23)20-16-39-32(40-17-20)41-33(48)52-21-10-7-6-8-11-21/h6-17H,18-19H2,1-5H3,(H,39,40,41,48). The summed E-state index contributed by atoms with van der Waals surface area (Å²) in [5, 5.41) is 10.3. The van der Waals surface area contributed by atoms with Crippen LogP contribution in [0.25, 0.3) is 26.5 Å². The second-order valence-electron chi connectivity index (χ2n) is 12.7. The van der Waals surface area contributed by atoms with E-state index in [2.05, 4.69) is 25.5 Å². The molecule has 6 rings (SSSR count). The normalized spacial score (nSPS) is 11.3. The largest absolute Gasteiger partial charge is 0.480 e. The van der Waals surface area contributed by atoms with Gasteiger partial charge in [-0.3, -0.25) is 14.7 Å². The van der Waals surface area contributed by atoms with Gasteiger partial charge in [0.25, 0.3) is 5.56 Å². The van der Waals surface area contributed by atoms with Crippen LogP contribution >= 0.6 is 11.3 Å². The van der Waals surface area contributed by atoms with Crippen molar-refractivity contribution in [3.8, 4) is 27.9 Å². The molecule has 0 atom stereocenters. The van der Waals surface area contributed by atoms with Crippen molar-refractivity contribution in [2.75, 3.05) is 19.5 Å². The highest BCUT2D eigenvalue weighted by Gasteiger charge is 2.28. The number of nitrogens with one attached hydrogen (secondary N) is 1. The van der Waals surface area contributed by atoms with Gasteiger partial charge in [0.2, 0.25) is 11.8 Å². The number of halogens is 2. The zero-order valence-electron chi connectivity index (χ0n) is 29.5. The van der Waals surface area contributed by atoms with E-state index in [1.165, 1.54) is 49.7 Å². The van der Waals surface area contributed by atoms with E-state index in [0.717, 1.165) is 32.6 Å². The van der Waals surface area contributed by atoms with Gasteiger partial charge in [-0.15, -0.1) is 21.5 Å². The molecule has 54 heavy (non-hydrogen) atoms. The maximum absolute atomic E-state index is 15.1. The maximum atomic E-state index is 15.1. The lowest BCUT2D eigenvalue weighted by Gasteiger charge is -2.25. The van der Waals surface area contributed by atoms with E-state index in [1.54, 1.807) is 51.1 Å². The number of ether oxygens (including phenoxy) is 3. The first-order valence-electron chi connectivity index (χ1n) is 16.2. The summed E-state index contributed by atoms with van der Waals surface area (Å²) in [5.41, 5.74) is -2.56. The molecule has 0 saturated carbocycles. The lowest BCUT2D eigenvalue weighted by molar-refractivity contribution is 0.0286. The summed E-state index contributed by atoms with van der Waals surface area (Å²) in [7, 11) is 2.82. The quantitative estimate of drug-likeness (QED) is 0.190. The van der Waals surface area contributed by atoms with Gasteiger partial charge in [0.05, 0.1) is 25.6 Å². The summed E-state index contributed by atoms with van der Waals surface area (Å²) in [4.78, 5) is 64.5. The summed E-state index contributed by atoms with van der Waals surface area (Å²) >= 11 is 0.939. The molecule has 0 spiro atoms. The van der Waals surface area contributed by atoms with Crippen molar-refractivity contribution in [2.45, 2.75) is 39.5 Å². The highest BCUT2D eigenvalue weighted by molar-refractivity contribution is 7.22. The Hall–Kier alpha value is -6.56. The monoisotopic (exact) mass is 758 g/mol. The smallest absolute Gasteiger partial charge is 0.419 e. The Morgan fingerprint density at radius 3 is 2.22 bits per heavy atom. The molecular weight excluding hydrogens is 727 g/mol. The molecule has 0 aliphatic rings. The van der Waals surface area contributed by atoms with Crippen LogP contribution in [0, 0.1) is 11.6 Å². The molecule has 1 N–H and O–H groups in total. The van der Waals surface area contributed by atoms with Gasteiger partial charge in [-0.2, -0.15) is 0 Å². The average molecular weight is 759 g/mol. The Morgan fingerprint density at radius 2 is 1.61 bits per heavy atom. The molecule has 0 fully saturated rings. The van der Waals surface area contributed by atoms with E-state index in [9.17, 15) is 19.2 Å². The topological polar surface area (TPSA) is 173 Å². The van der Waals surface area contributed by atoms with Gasteiger partial charge >= 0.3 is 17.9 Å². The van der Waals surface area contributed by atoms with E-state index >= 15 is 8.78 Å². The van der Waals surface area contributed by atoms with E-state index in [4.69, 9.17) is 14.2 Å². The number of rotatable bonds is 9. The number of fused-ring (bicyclic) bond motifs is 1. The Morgan fingerprint density at radius 1 is 0.926 bits per heavy atom. The van der Waals surface area contributed by atoms with Crippen LogP contribution in [0.5, 0.6) is 11.6 Å². The number of aromatic nitrogens is 6. The number of hydrogen-bond donors (Lipinski definition) is 1. The van der Waals surface area contributed by atoms with Gasteiger partial charge in [-0.25, -0.2) is 37.7 Å². The number of benzene rings is 2. The van der Waals surface area contributed by atoms with Crippen LogP contribution in [0.4, 0.5) is 24.3 Å². The third-order valence-corrected chi connectivity index (χ3v) is 9.00. The number of carbonyl (C=O) groups is 2. The number of thiophene rings is 1. The van der Waals surface area contributed by atoms with Gasteiger partial charge in [0.15, 0.2) is 5.82 Å². The van der Waals surface area contributed by atoms with Crippen molar-refractivity contribution >= 4 is 39.7 Å². The van der Waals surface area contributed by atoms with E-state index in [-0.39, 0.29) is 40.0 Å². The predicted octanol–water partition coefficient (Wildman–Crippen LogP) is 5.77. The number of hydrogen-bond acceptors (Lipinski definition) is 12. The van der Waals surface area contributed by atoms with Crippen molar-refractivity contribution in [2.24, 2.45) is 0 Å². The fourth-order valence-electron chi connectivity index (χ4n) is 5.24. The molecule has 2 aromatic carbocycles. The minimum Gasteiger partial charge on any atom is -0.480 e. The van der Waals surface area contributed by atoms with Crippen LogP contribution in [0.3, 0.4) is 0 Å². The molecule has 2 amide bonds.